The van der Waals surface area contributed by atoms with Crippen molar-refractivity contribution in [3.05, 3.63) is 41.9 Å². The van der Waals surface area contributed by atoms with Crippen LogP contribution in [0.25, 0.3) is 11.3 Å². The first-order valence-corrected chi connectivity index (χ1v) is 7.75. The predicted octanol–water partition coefficient (Wildman–Crippen LogP) is 2.22. The monoisotopic (exact) mass is 340 g/mol. The van der Waals surface area contributed by atoms with Gasteiger partial charge in [0.05, 0.1) is 38.3 Å². The molecule has 130 valence electrons. The van der Waals surface area contributed by atoms with Gasteiger partial charge in [0.1, 0.15) is 11.5 Å². The van der Waals surface area contributed by atoms with Crippen molar-refractivity contribution < 1.29 is 9.47 Å². The summed E-state index contributed by atoms with van der Waals surface area (Å²) in [6, 6.07) is 7.55. The zero-order valence-electron chi connectivity index (χ0n) is 14.6. The average Bonchev–Trinajstić information content (AvgIpc) is 3.05. The van der Waals surface area contributed by atoms with E-state index >= 15 is 0 Å². The Morgan fingerprint density at radius 1 is 1.16 bits per heavy atom. The lowest BCUT2D eigenvalue weighted by molar-refractivity contribution is 0.395. The van der Waals surface area contributed by atoms with E-state index in [1.165, 1.54) is 0 Å². The molecule has 8 nitrogen and oxygen atoms in total. The van der Waals surface area contributed by atoms with Crippen LogP contribution >= 0.6 is 0 Å². The summed E-state index contributed by atoms with van der Waals surface area (Å²) in [5.41, 5.74) is 3.42. The first kappa shape index (κ1) is 16.7. The molecule has 2 heterocycles. The number of anilines is 1. The molecular formula is C17H20N6O2. The van der Waals surface area contributed by atoms with Crippen LogP contribution in [0.3, 0.4) is 0 Å². The molecule has 0 spiro atoms. The quantitative estimate of drug-likeness (QED) is 0.736. The van der Waals surface area contributed by atoms with Gasteiger partial charge >= 0.3 is 0 Å². The van der Waals surface area contributed by atoms with Crippen LogP contribution in [0.15, 0.2) is 30.5 Å². The minimum absolute atomic E-state index is 0.510. The second-order valence-corrected chi connectivity index (χ2v) is 5.61. The molecule has 3 aromatic rings. The van der Waals surface area contributed by atoms with Crippen molar-refractivity contribution in [2.24, 2.45) is 0 Å². The summed E-state index contributed by atoms with van der Waals surface area (Å²) >= 11 is 0. The number of methoxy groups -OCH3 is 2. The number of aryl methyl sites for hydroxylation is 1. The average molecular weight is 340 g/mol. The van der Waals surface area contributed by atoms with E-state index in [9.17, 15) is 0 Å². The van der Waals surface area contributed by atoms with Crippen LogP contribution < -0.4 is 14.4 Å². The second kappa shape index (κ2) is 7.16. The largest absolute Gasteiger partial charge is 0.497 e. The molecule has 0 aliphatic rings. The highest BCUT2D eigenvalue weighted by Crippen LogP contribution is 2.32. The zero-order chi connectivity index (χ0) is 17.8. The van der Waals surface area contributed by atoms with E-state index in [4.69, 9.17) is 9.47 Å². The smallest absolute Gasteiger partial charge is 0.246 e. The zero-order valence-corrected chi connectivity index (χ0v) is 14.6. The van der Waals surface area contributed by atoms with Crippen molar-refractivity contribution in [3.8, 4) is 22.8 Å². The Hall–Kier alpha value is -3.16. The van der Waals surface area contributed by atoms with Crippen molar-refractivity contribution in [2.75, 3.05) is 26.2 Å². The molecule has 1 N–H and O–H groups in total. The number of benzene rings is 1. The van der Waals surface area contributed by atoms with E-state index in [0.717, 1.165) is 17.0 Å². The predicted molar refractivity (Wildman–Crippen MR) is 93.8 cm³/mol. The maximum atomic E-state index is 5.45. The fourth-order valence-electron chi connectivity index (χ4n) is 2.46. The molecule has 0 aliphatic heterocycles. The van der Waals surface area contributed by atoms with E-state index < -0.39 is 0 Å². The summed E-state index contributed by atoms with van der Waals surface area (Å²) in [7, 11) is 5.13. The molecule has 0 amide bonds. The summed E-state index contributed by atoms with van der Waals surface area (Å²) in [4.78, 5) is 6.49. The Labute approximate surface area is 145 Å². The third-order valence-electron chi connectivity index (χ3n) is 3.73. The highest BCUT2D eigenvalue weighted by atomic mass is 16.5. The third kappa shape index (κ3) is 3.68. The topological polar surface area (TPSA) is 89.1 Å². The summed E-state index contributed by atoms with van der Waals surface area (Å²) in [5.74, 6) is 1.89. The van der Waals surface area contributed by atoms with Gasteiger partial charge in [0.2, 0.25) is 5.95 Å². The summed E-state index contributed by atoms with van der Waals surface area (Å²) in [6.45, 7) is 2.54. The Morgan fingerprint density at radius 3 is 2.68 bits per heavy atom. The van der Waals surface area contributed by atoms with Gasteiger partial charge in [-0.2, -0.15) is 10.2 Å². The fourth-order valence-corrected chi connectivity index (χ4v) is 2.46. The Morgan fingerprint density at radius 2 is 2.00 bits per heavy atom. The van der Waals surface area contributed by atoms with Gasteiger partial charge in [0.25, 0.3) is 0 Å². The first-order chi connectivity index (χ1) is 12.1. The number of nitrogens with one attached hydrogen (secondary N) is 1. The molecule has 0 fully saturated rings. The molecule has 0 bridgehead atoms. The lowest BCUT2D eigenvalue weighted by Gasteiger charge is -2.16. The highest BCUT2D eigenvalue weighted by molar-refractivity contribution is 5.68. The molecule has 3 rings (SSSR count). The number of hydrogen-bond acceptors (Lipinski definition) is 7. The summed E-state index contributed by atoms with van der Waals surface area (Å²) in [5, 5.41) is 15.4. The van der Waals surface area contributed by atoms with Gasteiger partial charge in [-0.25, -0.2) is 4.98 Å². The molecule has 0 atom stereocenters. The normalized spacial score (nSPS) is 10.6. The molecular weight excluding hydrogens is 320 g/mol. The van der Waals surface area contributed by atoms with Crippen LogP contribution in [0.4, 0.5) is 5.95 Å². The van der Waals surface area contributed by atoms with Gasteiger partial charge in [-0.05, 0) is 25.1 Å². The lowest BCUT2D eigenvalue weighted by Crippen LogP contribution is -2.20. The van der Waals surface area contributed by atoms with Crippen LogP contribution in [0.1, 0.15) is 11.4 Å². The first-order valence-electron chi connectivity index (χ1n) is 7.75. The van der Waals surface area contributed by atoms with Crippen LogP contribution in [0.5, 0.6) is 11.5 Å². The number of rotatable bonds is 6. The molecule has 1 aromatic carbocycles. The standard InChI is InChI=1S/C17H20N6O2/c1-11-7-12(21-20-11)10-23(2)17-19-15(9-18-22-17)14-6-5-13(24-3)8-16(14)25-4/h5-9H,10H2,1-4H3,(H,20,21). The molecule has 0 unspecified atom stereocenters. The van der Waals surface area contributed by atoms with Gasteiger partial charge in [0.15, 0.2) is 0 Å². The highest BCUT2D eigenvalue weighted by Gasteiger charge is 2.13. The van der Waals surface area contributed by atoms with Crippen LogP contribution in [-0.4, -0.2) is 46.6 Å². The molecule has 2 aromatic heterocycles. The maximum Gasteiger partial charge on any atom is 0.246 e. The molecule has 0 saturated heterocycles. The van der Waals surface area contributed by atoms with E-state index in [1.807, 2.05) is 43.1 Å². The lowest BCUT2D eigenvalue weighted by atomic mass is 10.1. The van der Waals surface area contributed by atoms with Gasteiger partial charge in [-0.1, -0.05) is 0 Å². The van der Waals surface area contributed by atoms with E-state index in [1.54, 1.807) is 20.4 Å². The van der Waals surface area contributed by atoms with Crippen LogP contribution in [-0.2, 0) is 6.54 Å². The van der Waals surface area contributed by atoms with E-state index in [-0.39, 0.29) is 0 Å². The summed E-state index contributed by atoms with van der Waals surface area (Å²) in [6.07, 6.45) is 1.61. The van der Waals surface area contributed by atoms with Crippen molar-refractivity contribution in [3.63, 3.8) is 0 Å². The van der Waals surface area contributed by atoms with Crippen LogP contribution in [0.2, 0.25) is 0 Å². The van der Waals surface area contributed by atoms with Crippen molar-refractivity contribution in [1.29, 1.82) is 0 Å². The molecule has 25 heavy (non-hydrogen) atoms. The van der Waals surface area contributed by atoms with E-state index in [0.29, 0.717) is 29.7 Å². The van der Waals surface area contributed by atoms with Crippen molar-refractivity contribution in [1.82, 2.24) is 25.4 Å². The summed E-state index contributed by atoms with van der Waals surface area (Å²) < 4.78 is 10.7. The number of H-pyrrole nitrogens is 1. The van der Waals surface area contributed by atoms with Crippen molar-refractivity contribution in [2.45, 2.75) is 13.5 Å². The number of aromatic nitrogens is 5. The number of hydrogen-bond donors (Lipinski definition) is 1. The Balaban J connectivity index is 1.88. The molecule has 0 radical (unpaired) electrons. The van der Waals surface area contributed by atoms with Gasteiger partial charge < -0.3 is 14.4 Å². The number of nitrogens with zero attached hydrogens (tertiary/aromatic N) is 5. The Bertz CT molecular complexity index is 864. The number of ether oxygens (including phenoxy) is 2. The van der Waals surface area contributed by atoms with Gasteiger partial charge in [-0.15, -0.1) is 5.10 Å². The molecule has 0 saturated carbocycles. The molecule has 8 heteroatoms. The fraction of sp³-hybridized carbons (Fsp3) is 0.294. The SMILES string of the molecule is COc1ccc(-c2cnnc(N(C)Cc3cc(C)[nH]n3)n2)c(OC)c1. The minimum atomic E-state index is 0.510. The third-order valence-corrected chi connectivity index (χ3v) is 3.73. The minimum Gasteiger partial charge on any atom is -0.497 e. The van der Waals surface area contributed by atoms with Crippen molar-refractivity contribution >= 4 is 5.95 Å². The molecule has 0 aliphatic carbocycles. The second-order valence-electron chi connectivity index (χ2n) is 5.61. The number of aromatic amines is 1. The van der Waals surface area contributed by atoms with Gasteiger partial charge in [-0.3, -0.25) is 5.10 Å². The Kier molecular flexibility index (Phi) is 4.78. The maximum absolute atomic E-state index is 5.45. The van der Waals surface area contributed by atoms with E-state index in [2.05, 4.69) is 25.4 Å². The van der Waals surface area contributed by atoms with Crippen LogP contribution in [0, 0.1) is 6.92 Å². The van der Waals surface area contributed by atoms with Gasteiger partial charge in [0, 0.05) is 24.4 Å².